The Kier molecular flexibility index (Phi) is 4.37. The largest absolute Gasteiger partial charge is 0.384 e. The second kappa shape index (κ2) is 7.00. The molecule has 4 N–H and O–H groups in total. The highest BCUT2D eigenvalue weighted by Crippen LogP contribution is 2.17. The van der Waals surface area contributed by atoms with Crippen molar-refractivity contribution in [1.82, 2.24) is 9.55 Å². The van der Waals surface area contributed by atoms with E-state index in [0.717, 1.165) is 11.1 Å². The second-order valence-corrected chi connectivity index (χ2v) is 6.55. The number of aromatic nitrogens is 2. The van der Waals surface area contributed by atoms with E-state index in [1.165, 1.54) is 0 Å². The highest BCUT2D eigenvalue weighted by atomic mass is 16.1. The number of hydrogen-bond acceptors (Lipinski definition) is 3. The fourth-order valence-corrected chi connectivity index (χ4v) is 3.19. The van der Waals surface area contributed by atoms with Gasteiger partial charge in [-0.15, -0.1) is 0 Å². The minimum Gasteiger partial charge on any atom is -0.384 e. The van der Waals surface area contributed by atoms with E-state index in [1.807, 2.05) is 30.3 Å². The normalized spacial score (nSPS) is 10.9. The molecule has 0 aliphatic heterocycles. The molecule has 0 radical (unpaired) electrons. The number of nitrogens with two attached hydrogens (primary N) is 1. The van der Waals surface area contributed by atoms with Crippen LogP contribution in [0.5, 0.6) is 0 Å². The van der Waals surface area contributed by atoms with Gasteiger partial charge in [-0.1, -0.05) is 54.6 Å². The Balaban J connectivity index is 1.67. The summed E-state index contributed by atoms with van der Waals surface area (Å²) in [6.07, 6.45) is 0. The smallest absolute Gasteiger partial charge is 0.326 e. The molecule has 4 aromatic rings. The summed E-state index contributed by atoms with van der Waals surface area (Å²) in [5, 5.41) is 7.45. The second-order valence-electron chi connectivity index (χ2n) is 6.55. The van der Waals surface area contributed by atoms with Crippen molar-refractivity contribution in [3.63, 3.8) is 0 Å². The van der Waals surface area contributed by atoms with Crippen LogP contribution < -0.4 is 11.4 Å². The van der Waals surface area contributed by atoms with Gasteiger partial charge in [0.1, 0.15) is 5.84 Å². The summed E-state index contributed by atoms with van der Waals surface area (Å²) in [5.41, 5.74) is 9.26. The molecule has 4 rings (SSSR count). The molecule has 0 aliphatic rings. The summed E-state index contributed by atoms with van der Waals surface area (Å²) in [6, 6.07) is 21.5. The Morgan fingerprint density at radius 3 is 2.29 bits per heavy atom. The van der Waals surface area contributed by atoms with Crippen molar-refractivity contribution in [2.75, 3.05) is 0 Å². The van der Waals surface area contributed by atoms with Crippen LogP contribution >= 0.6 is 0 Å². The molecule has 0 spiro atoms. The van der Waals surface area contributed by atoms with E-state index < -0.39 is 0 Å². The molecule has 0 atom stereocenters. The van der Waals surface area contributed by atoms with Gasteiger partial charge in [-0.25, -0.2) is 4.79 Å². The Hall–Kier alpha value is -3.93. The molecule has 28 heavy (non-hydrogen) atoms. The zero-order valence-electron chi connectivity index (χ0n) is 15.0. The number of ketones is 1. The summed E-state index contributed by atoms with van der Waals surface area (Å²) in [5.74, 6) is -0.0812. The van der Waals surface area contributed by atoms with Gasteiger partial charge in [0.05, 0.1) is 17.6 Å². The van der Waals surface area contributed by atoms with Crippen LogP contribution in [0.2, 0.25) is 0 Å². The van der Waals surface area contributed by atoms with Gasteiger partial charge in [0, 0.05) is 16.7 Å². The number of aromatic amines is 1. The first-order chi connectivity index (χ1) is 13.5. The van der Waals surface area contributed by atoms with Gasteiger partial charge in [0.15, 0.2) is 5.78 Å². The summed E-state index contributed by atoms with van der Waals surface area (Å²) < 4.78 is 1.62. The molecule has 0 bridgehead atoms. The molecule has 1 aromatic heterocycles. The summed E-state index contributed by atoms with van der Waals surface area (Å²) in [6.45, 7) is 0.378. The van der Waals surface area contributed by atoms with Crippen molar-refractivity contribution in [1.29, 1.82) is 5.41 Å². The Morgan fingerprint density at radius 1 is 0.929 bits per heavy atom. The van der Waals surface area contributed by atoms with E-state index in [-0.39, 0.29) is 17.3 Å². The van der Waals surface area contributed by atoms with Gasteiger partial charge in [0.2, 0.25) is 0 Å². The van der Waals surface area contributed by atoms with Crippen LogP contribution in [0, 0.1) is 5.41 Å². The number of hydrogen-bond donors (Lipinski definition) is 3. The molecular weight excluding hydrogens is 352 g/mol. The standard InChI is InChI=1S/C22H18N4O2/c23-21(24)16-8-6-14(7-9-16)13-26-19-11-10-17(12-18(19)25-22(26)28)20(27)15-4-2-1-3-5-15/h1-12H,13H2,(H3,23,24)(H,25,28). The average Bonchev–Trinajstić information content (AvgIpc) is 3.03. The highest BCUT2D eigenvalue weighted by Gasteiger charge is 2.13. The minimum atomic E-state index is -0.241. The average molecular weight is 370 g/mol. The molecule has 138 valence electrons. The molecule has 0 aliphatic carbocycles. The third-order valence-corrected chi connectivity index (χ3v) is 4.68. The number of H-pyrrole nitrogens is 1. The first kappa shape index (κ1) is 17.5. The van der Waals surface area contributed by atoms with E-state index in [1.54, 1.807) is 47.0 Å². The van der Waals surface area contributed by atoms with E-state index in [2.05, 4.69) is 4.98 Å². The van der Waals surface area contributed by atoms with Crippen molar-refractivity contribution in [2.24, 2.45) is 5.73 Å². The lowest BCUT2D eigenvalue weighted by Gasteiger charge is -2.06. The van der Waals surface area contributed by atoms with E-state index in [4.69, 9.17) is 11.1 Å². The number of imidazole rings is 1. The molecule has 6 heteroatoms. The van der Waals surface area contributed by atoms with Crippen molar-refractivity contribution in [3.05, 3.63) is 106 Å². The molecule has 0 amide bonds. The van der Waals surface area contributed by atoms with Gasteiger partial charge >= 0.3 is 5.69 Å². The third kappa shape index (κ3) is 3.23. The molecule has 0 saturated carbocycles. The Morgan fingerprint density at radius 2 is 1.61 bits per heavy atom. The number of nitrogen functional groups attached to an aromatic ring is 1. The van der Waals surface area contributed by atoms with Gasteiger partial charge in [0.25, 0.3) is 0 Å². The molecule has 0 saturated heterocycles. The number of benzene rings is 3. The number of rotatable bonds is 5. The van der Waals surface area contributed by atoms with Crippen LogP contribution in [-0.2, 0) is 6.54 Å². The monoisotopic (exact) mass is 370 g/mol. The van der Waals surface area contributed by atoms with Crippen LogP contribution in [0.1, 0.15) is 27.0 Å². The van der Waals surface area contributed by atoms with Gasteiger partial charge in [-0.05, 0) is 23.8 Å². The molecule has 0 unspecified atom stereocenters. The zero-order chi connectivity index (χ0) is 19.7. The maximum Gasteiger partial charge on any atom is 0.326 e. The summed E-state index contributed by atoms with van der Waals surface area (Å²) in [7, 11) is 0. The maximum absolute atomic E-state index is 12.6. The minimum absolute atomic E-state index is 0.00595. The van der Waals surface area contributed by atoms with Crippen LogP contribution in [0.4, 0.5) is 0 Å². The molecule has 0 fully saturated rings. The zero-order valence-corrected chi connectivity index (χ0v) is 15.0. The van der Waals surface area contributed by atoms with Crippen molar-refractivity contribution >= 4 is 22.7 Å². The predicted octanol–water partition coefficient (Wildman–Crippen LogP) is 2.89. The first-order valence-corrected chi connectivity index (χ1v) is 8.78. The van der Waals surface area contributed by atoms with Crippen LogP contribution in [0.3, 0.4) is 0 Å². The van der Waals surface area contributed by atoms with Crippen LogP contribution in [0.25, 0.3) is 11.0 Å². The van der Waals surface area contributed by atoms with E-state index >= 15 is 0 Å². The predicted molar refractivity (Wildman–Crippen MR) is 109 cm³/mol. The first-order valence-electron chi connectivity index (χ1n) is 8.78. The quantitative estimate of drug-likeness (QED) is 0.286. The number of carbonyl (C=O) groups is 1. The van der Waals surface area contributed by atoms with Gasteiger partial charge in [-0.3, -0.25) is 14.8 Å². The number of fused-ring (bicyclic) bond motifs is 1. The number of nitrogens with zero attached hydrogens (tertiary/aromatic N) is 1. The molecule has 1 heterocycles. The fraction of sp³-hybridized carbons (Fsp3) is 0.0455. The van der Waals surface area contributed by atoms with Crippen molar-refractivity contribution < 1.29 is 4.79 Å². The van der Waals surface area contributed by atoms with Gasteiger partial charge in [-0.2, -0.15) is 0 Å². The molecular formula is C22H18N4O2. The maximum atomic E-state index is 12.6. The highest BCUT2D eigenvalue weighted by molar-refractivity contribution is 6.10. The van der Waals surface area contributed by atoms with E-state index in [0.29, 0.717) is 28.8 Å². The SMILES string of the molecule is N=C(N)c1ccc(Cn2c(=O)[nH]c3cc(C(=O)c4ccccc4)ccc32)cc1. The van der Waals surface area contributed by atoms with E-state index in [9.17, 15) is 9.59 Å². The number of amidine groups is 1. The van der Waals surface area contributed by atoms with Gasteiger partial charge < -0.3 is 10.7 Å². The molecule has 3 aromatic carbocycles. The lowest BCUT2D eigenvalue weighted by molar-refractivity contribution is 0.103. The summed E-state index contributed by atoms with van der Waals surface area (Å²) >= 11 is 0. The number of nitrogens with one attached hydrogen (secondary N) is 2. The van der Waals surface area contributed by atoms with Crippen molar-refractivity contribution in [3.8, 4) is 0 Å². The summed E-state index contributed by atoms with van der Waals surface area (Å²) in [4.78, 5) is 27.9. The Bertz CT molecular complexity index is 1240. The van der Waals surface area contributed by atoms with Crippen molar-refractivity contribution in [2.45, 2.75) is 6.54 Å². The van der Waals surface area contributed by atoms with Crippen LogP contribution in [0.15, 0.2) is 77.6 Å². The lowest BCUT2D eigenvalue weighted by Crippen LogP contribution is -2.17. The third-order valence-electron chi connectivity index (χ3n) is 4.68. The lowest BCUT2D eigenvalue weighted by atomic mass is 10.0. The fourth-order valence-electron chi connectivity index (χ4n) is 3.19. The molecule has 6 nitrogen and oxygen atoms in total. The topological polar surface area (TPSA) is 105 Å². The Labute approximate surface area is 160 Å². The van der Waals surface area contributed by atoms with Crippen LogP contribution in [-0.4, -0.2) is 21.2 Å². The number of carbonyl (C=O) groups excluding carboxylic acids is 1.